The average molecular weight is 514 g/mol. The molecule has 0 radical (unpaired) electrons. The minimum Gasteiger partial charge on any atom is -0.368 e. The second-order valence-corrected chi connectivity index (χ2v) is 7.92. The first kappa shape index (κ1) is 23.9. The summed E-state index contributed by atoms with van der Waals surface area (Å²) < 4.78 is 5.54. The van der Waals surface area contributed by atoms with Crippen LogP contribution in [0, 0.1) is 20.8 Å². The Morgan fingerprint density at radius 1 is 1.14 bits per heavy atom. The van der Waals surface area contributed by atoms with Gasteiger partial charge in [-0.2, -0.15) is 0 Å². The topological polar surface area (TPSA) is 57.2 Å². The van der Waals surface area contributed by atoms with E-state index in [1.54, 1.807) is 0 Å². The van der Waals surface area contributed by atoms with Crippen LogP contribution in [0.4, 0.5) is 0 Å². The first-order valence-corrected chi connectivity index (χ1v) is 10.4. The van der Waals surface area contributed by atoms with Crippen molar-refractivity contribution in [1.29, 1.82) is 0 Å². The number of amides is 1. The first-order chi connectivity index (χ1) is 13.5. The van der Waals surface area contributed by atoms with Gasteiger partial charge in [-0.3, -0.25) is 9.79 Å². The molecule has 1 amide bonds. The molecular formula is C22H35IN4O2. The molecule has 1 unspecified atom stereocenters. The van der Waals surface area contributed by atoms with Crippen LogP contribution in [0.3, 0.4) is 0 Å². The van der Waals surface area contributed by atoms with E-state index in [0.717, 1.165) is 57.9 Å². The zero-order chi connectivity index (χ0) is 20.1. The molecule has 2 fully saturated rings. The fraction of sp³-hybridized carbons (Fsp3) is 0.636. The lowest BCUT2D eigenvalue weighted by Gasteiger charge is -2.37. The van der Waals surface area contributed by atoms with Gasteiger partial charge in [0.25, 0.3) is 5.91 Å². The molecule has 2 saturated heterocycles. The van der Waals surface area contributed by atoms with Crippen LogP contribution in [0.1, 0.15) is 35.1 Å². The van der Waals surface area contributed by atoms with Crippen LogP contribution in [-0.2, 0) is 16.0 Å². The molecule has 29 heavy (non-hydrogen) atoms. The number of hydrogen-bond donors (Lipinski definition) is 1. The van der Waals surface area contributed by atoms with Gasteiger partial charge in [0.2, 0.25) is 0 Å². The number of hydrogen-bond acceptors (Lipinski definition) is 3. The number of nitrogens with zero attached hydrogens (tertiary/aromatic N) is 3. The molecule has 1 atom stereocenters. The summed E-state index contributed by atoms with van der Waals surface area (Å²) in [7, 11) is 1.83. The van der Waals surface area contributed by atoms with Crippen LogP contribution in [0.15, 0.2) is 17.1 Å². The number of halogens is 1. The largest absolute Gasteiger partial charge is 0.368 e. The molecule has 6 nitrogen and oxygen atoms in total. The van der Waals surface area contributed by atoms with Gasteiger partial charge in [-0.15, -0.1) is 24.0 Å². The Labute approximate surface area is 192 Å². The Kier molecular flexibility index (Phi) is 9.20. The van der Waals surface area contributed by atoms with Crippen molar-refractivity contribution in [2.75, 3.05) is 46.4 Å². The number of aliphatic imine (C=N–C) groups is 1. The molecule has 0 spiro atoms. The van der Waals surface area contributed by atoms with Gasteiger partial charge in [0.05, 0.1) is 0 Å². The molecule has 1 N–H and O–H groups in total. The minimum absolute atomic E-state index is 0. The van der Waals surface area contributed by atoms with Crippen LogP contribution in [-0.4, -0.2) is 74.1 Å². The monoisotopic (exact) mass is 514 g/mol. The van der Waals surface area contributed by atoms with Crippen LogP contribution in [0.25, 0.3) is 0 Å². The van der Waals surface area contributed by atoms with Crippen molar-refractivity contribution in [2.24, 2.45) is 4.99 Å². The Hall–Kier alpha value is -1.35. The van der Waals surface area contributed by atoms with E-state index in [1.807, 2.05) is 11.9 Å². The second-order valence-electron chi connectivity index (χ2n) is 7.92. The predicted molar refractivity (Wildman–Crippen MR) is 128 cm³/mol. The number of piperazine rings is 1. The fourth-order valence-electron chi connectivity index (χ4n) is 4.35. The SMILES string of the molecule is CN=C(NCCc1c(C)cc(C)cc1C)N1CCN(C(=O)C2CCCO2)CC1.I. The van der Waals surface area contributed by atoms with E-state index in [2.05, 4.69) is 48.1 Å². The fourth-order valence-corrected chi connectivity index (χ4v) is 4.35. The van der Waals surface area contributed by atoms with Crippen LogP contribution < -0.4 is 5.32 Å². The van der Waals surface area contributed by atoms with Gasteiger partial charge >= 0.3 is 0 Å². The van der Waals surface area contributed by atoms with E-state index in [0.29, 0.717) is 6.61 Å². The maximum absolute atomic E-state index is 12.5. The molecule has 7 heteroatoms. The highest BCUT2D eigenvalue weighted by Gasteiger charge is 2.30. The molecule has 162 valence electrons. The summed E-state index contributed by atoms with van der Waals surface area (Å²) in [5.41, 5.74) is 5.45. The van der Waals surface area contributed by atoms with Crippen LogP contribution in [0.5, 0.6) is 0 Å². The molecule has 1 aromatic carbocycles. The van der Waals surface area contributed by atoms with Crippen molar-refractivity contribution in [3.63, 3.8) is 0 Å². The number of rotatable bonds is 4. The molecule has 0 bridgehead atoms. The minimum atomic E-state index is -0.218. The van der Waals surface area contributed by atoms with Crippen molar-refractivity contribution in [3.8, 4) is 0 Å². The lowest BCUT2D eigenvalue weighted by molar-refractivity contribution is -0.142. The Morgan fingerprint density at radius 3 is 2.31 bits per heavy atom. The number of carbonyl (C=O) groups is 1. The molecule has 0 aromatic heterocycles. The highest BCUT2D eigenvalue weighted by atomic mass is 127. The third-order valence-corrected chi connectivity index (χ3v) is 5.81. The molecule has 2 aliphatic rings. The standard InChI is InChI=1S/C22H34N4O2.HI/c1-16-14-17(2)19(18(3)15-16)7-8-24-22(23-4)26-11-9-25(10-12-26)21(27)20-6-5-13-28-20;/h14-15,20H,5-13H2,1-4H3,(H,23,24);1H. The van der Waals surface area contributed by atoms with Gasteiger partial charge in [0.1, 0.15) is 6.10 Å². The molecule has 0 saturated carbocycles. The average Bonchev–Trinajstić information content (AvgIpc) is 3.21. The van der Waals surface area contributed by atoms with Crippen LogP contribution in [0.2, 0.25) is 0 Å². The van der Waals surface area contributed by atoms with E-state index in [1.165, 1.54) is 22.3 Å². The van der Waals surface area contributed by atoms with Gasteiger partial charge in [0, 0.05) is 46.4 Å². The molecule has 2 heterocycles. The van der Waals surface area contributed by atoms with Gasteiger partial charge < -0.3 is 19.9 Å². The number of benzene rings is 1. The normalized spacial score (nSPS) is 19.9. The number of guanidine groups is 1. The quantitative estimate of drug-likeness (QED) is 0.382. The van der Waals surface area contributed by atoms with Gasteiger partial charge in [-0.25, -0.2) is 0 Å². The molecule has 2 aliphatic heterocycles. The van der Waals surface area contributed by atoms with Crippen LogP contribution >= 0.6 is 24.0 Å². The van der Waals surface area contributed by atoms with Gasteiger partial charge in [-0.05, 0) is 56.7 Å². The highest BCUT2D eigenvalue weighted by molar-refractivity contribution is 14.0. The second kappa shape index (κ2) is 11.2. The summed E-state index contributed by atoms with van der Waals surface area (Å²) in [6.45, 7) is 11.2. The van der Waals surface area contributed by atoms with Crippen molar-refractivity contribution < 1.29 is 9.53 Å². The summed E-state index contributed by atoms with van der Waals surface area (Å²) in [6.07, 6.45) is 2.62. The molecule has 3 rings (SSSR count). The van der Waals surface area contributed by atoms with Crippen molar-refractivity contribution in [1.82, 2.24) is 15.1 Å². The van der Waals surface area contributed by atoms with Crippen molar-refractivity contribution in [2.45, 2.75) is 46.1 Å². The number of aryl methyl sites for hydroxylation is 3. The summed E-state index contributed by atoms with van der Waals surface area (Å²) in [6, 6.07) is 4.50. The highest BCUT2D eigenvalue weighted by Crippen LogP contribution is 2.17. The van der Waals surface area contributed by atoms with E-state index >= 15 is 0 Å². The van der Waals surface area contributed by atoms with Crippen molar-refractivity contribution >= 4 is 35.8 Å². The molecule has 1 aromatic rings. The molecule has 0 aliphatic carbocycles. The number of nitrogens with one attached hydrogen (secondary N) is 1. The lowest BCUT2D eigenvalue weighted by Crippen LogP contribution is -2.55. The smallest absolute Gasteiger partial charge is 0.251 e. The van der Waals surface area contributed by atoms with E-state index < -0.39 is 0 Å². The van der Waals surface area contributed by atoms with E-state index in [4.69, 9.17) is 4.74 Å². The maximum Gasteiger partial charge on any atom is 0.251 e. The maximum atomic E-state index is 12.5. The third-order valence-electron chi connectivity index (χ3n) is 5.81. The van der Waals surface area contributed by atoms with Crippen molar-refractivity contribution in [3.05, 3.63) is 34.4 Å². The lowest BCUT2D eigenvalue weighted by atomic mass is 9.97. The van der Waals surface area contributed by atoms with Gasteiger partial charge in [-0.1, -0.05) is 17.7 Å². The third kappa shape index (κ3) is 6.07. The summed E-state index contributed by atoms with van der Waals surface area (Å²) >= 11 is 0. The van der Waals surface area contributed by atoms with E-state index in [9.17, 15) is 4.79 Å². The first-order valence-electron chi connectivity index (χ1n) is 10.4. The molecular weight excluding hydrogens is 479 g/mol. The summed E-state index contributed by atoms with van der Waals surface area (Å²) in [5, 5.41) is 3.50. The Morgan fingerprint density at radius 2 is 1.76 bits per heavy atom. The zero-order valence-corrected chi connectivity index (χ0v) is 20.5. The summed E-state index contributed by atoms with van der Waals surface area (Å²) in [5.74, 6) is 1.08. The zero-order valence-electron chi connectivity index (χ0n) is 18.2. The Bertz CT molecular complexity index is 701. The predicted octanol–water partition coefficient (Wildman–Crippen LogP) is 2.67. The number of carbonyl (C=O) groups excluding carboxylic acids is 1. The Balaban J connectivity index is 0.00000300. The van der Waals surface area contributed by atoms with Gasteiger partial charge in [0.15, 0.2) is 5.96 Å². The summed E-state index contributed by atoms with van der Waals surface area (Å²) in [4.78, 5) is 21.1. The van der Waals surface area contributed by atoms with E-state index in [-0.39, 0.29) is 36.0 Å². The number of ether oxygens (including phenoxy) is 1.